The summed E-state index contributed by atoms with van der Waals surface area (Å²) in [6.45, 7) is 0. The summed E-state index contributed by atoms with van der Waals surface area (Å²) >= 11 is -7.57. The molecule has 0 bridgehead atoms. The fraction of sp³-hybridized carbons (Fsp3) is 0. The second kappa shape index (κ2) is 3.59. The molecule has 96 valence electrons. The zero-order chi connectivity index (χ0) is 13.0. The second-order valence-electron chi connectivity index (χ2n) is 2.82. The van der Waals surface area contributed by atoms with Crippen LogP contribution in [0.4, 0.5) is 19.2 Å². The first-order chi connectivity index (χ1) is 8.40. The molecule has 4 aliphatic rings. The molecule has 4 rings (SSSR count). The van der Waals surface area contributed by atoms with Gasteiger partial charge < -0.3 is 0 Å². The van der Waals surface area contributed by atoms with Crippen molar-refractivity contribution in [3.63, 3.8) is 0 Å². The van der Waals surface area contributed by atoms with Crippen LogP contribution in [0, 0.1) is 0 Å². The van der Waals surface area contributed by atoms with Gasteiger partial charge in [-0.25, -0.2) is 0 Å². The maximum absolute atomic E-state index is 9.95. The monoisotopic (exact) mass is 480 g/mol. The van der Waals surface area contributed by atoms with Gasteiger partial charge in [0.1, 0.15) is 0 Å². The molecule has 2 spiro atoms. The van der Waals surface area contributed by atoms with Gasteiger partial charge in [-0.1, -0.05) is 0 Å². The molecule has 0 atom stereocenters. The van der Waals surface area contributed by atoms with Crippen molar-refractivity contribution < 1.29 is 43.8 Å². The van der Waals surface area contributed by atoms with Gasteiger partial charge in [-0.3, -0.25) is 0 Å². The SMILES string of the molecule is O=C1[O][Sn]2([O]1)[O]C(=O)[O]2.O=C1[O][Sn]2([O]1)[O]C(=O)[O]2. The molecular weight excluding hydrogens is 477 g/mol. The zero-order valence-electron chi connectivity index (χ0n) is 7.90. The molecule has 0 unspecified atom stereocenters. The summed E-state index contributed by atoms with van der Waals surface area (Å²) in [5.41, 5.74) is 0. The van der Waals surface area contributed by atoms with Gasteiger partial charge in [0.2, 0.25) is 0 Å². The molecular formula is C4O12Sn2. The van der Waals surface area contributed by atoms with Crippen LogP contribution < -0.4 is 0 Å². The van der Waals surface area contributed by atoms with Crippen LogP contribution in [0.15, 0.2) is 0 Å². The quantitative estimate of drug-likeness (QED) is 0.416. The van der Waals surface area contributed by atoms with Gasteiger partial charge in [0, 0.05) is 0 Å². The van der Waals surface area contributed by atoms with Crippen LogP contribution in [-0.4, -0.2) is 64.7 Å². The van der Waals surface area contributed by atoms with E-state index in [4.69, 9.17) is 0 Å². The van der Waals surface area contributed by atoms with Gasteiger partial charge in [0.25, 0.3) is 0 Å². The van der Waals surface area contributed by atoms with E-state index >= 15 is 0 Å². The molecule has 12 nitrogen and oxygen atoms in total. The molecule has 0 amide bonds. The van der Waals surface area contributed by atoms with Crippen LogP contribution in [0.1, 0.15) is 0 Å². The van der Waals surface area contributed by atoms with Gasteiger partial charge in [0.05, 0.1) is 0 Å². The van der Waals surface area contributed by atoms with E-state index in [1.54, 1.807) is 0 Å². The van der Waals surface area contributed by atoms with Crippen molar-refractivity contribution in [2.24, 2.45) is 0 Å². The Bertz CT molecular complexity index is 355. The van der Waals surface area contributed by atoms with Crippen LogP contribution in [0.3, 0.4) is 0 Å². The van der Waals surface area contributed by atoms with Crippen molar-refractivity contribution >= 4 is 64.7 Å². The van der Waals surface area contributed by atoms with Crippen molar-refractivity contribution in [2.45, 2.75) is 0 Å². The van der Waals surface area contributed by atoms with E-state index < -0.39 is 64.7 Å². The Morgan fingerprint density at radius 2 is 0.611 bits per heavy atom. The number of rotatable bonds is 0. The molecule has 14 heteroatoms. The van der Waals surface area contributed by atoms with Gasteiger partial charge >= 0.3 is 108 Å². The maximum atomic E-state index is 9.95. The van der Waals surface area contributed by atoms with E-state index in [1.807, 2.05) is 0 Å². The first-order valence-corrected chi connectivity index (χ1v) is 13.4. The Morgan fingerprint density at radius 3 is 0.722 bits per heavy atom. The molecule has 0 aromatic heterocycles. The summed E-state index contributed by atoms with van der Waals surface area (Å²) in [4.78, 5) is 39.8. The van der Waals surface area contributed by atoms with Crippen LogP contribution >= 0.6 is 0 Å². The molecule has 0 radical (unpaired) electrons. The first kappa shape index (κ1) is 11.8. The number of hydrogen-bond acceptors (Lipinski definition) is 12. The Morgan fingerprint density at radius 1 is 0.444 bits per heavy atom. The standard InChI is InChI=1S/4CH2O3.2Sn/c4*2-1(3)4;;/h4*(H2,2,3,4);;/q;;;;2*+4/p-8. The average molecular weight is 477 g/mol. The van der Waals surface area contributed by atoms with E-state index in [-0.39, 0.29) is 0 Å². The van der Waals surface area contributed by atoms with E-state index in [2.05, 4.69) is 24.6 Å². The van der Waals surface area contributed by atoms with E-state index in [0.717, 1.165) is 0 Å². The van der Waals surface area contributed by atoms with Gasteiger partial charge in [-0.2, -0.15) is 0 Å². The van der Waals surface area contributed by atoms with Crippen LogP contribution in [0.2, 0.25) is 0 Å². The molecule has 4 aliphatic heterocycles. The summed E-state index contributed by atoms with van der Waals surface area (Å²) in [5.74, 6) is 0. The van der Waals surface area contributed by atoms with E-state index in [9.17, 15) is 19.2 Å². The molecule has 0 aliphatic carbocycles. The number of carbonyl (C=O) groups is 4. The van der Waals surface area contributed by atoms with Crippen LogP contribution in [0.25, 0.3) is 0 Å². The zero-order valence-corrected chi connectivity index (χ0v) is 13.6. The Hall–Kier alpha value is -1.32. The first-order valence-electron chi connectivity index (χ1n) is 4.08. The fourth-order valence-corrected chi connectivity index (χ4v) is 6.80. The van der Waals surface area contributed by atoms with Gasteiger partial charge in [0.15, 0.2) is 0 Å². The Labute approximate surface area is 108 Å². The van der Waals surface area contributed by atoms with Crippen LogP contribution in [0.5, 0.6) is 0 Å². The third-order valence-electron chi connectivity index (χ3n) is 1.67. The number of hydrogen-bond donors (Lipinski definition) is 0. The van der Waals surface area contributed by atoms with Crippen molar-refractivity contribution in [1.29, 1.82) is 0 Å². The van der Waals surface area contributed by atoms with Crippen molar-refractivity contribution in [3.8, 4) is 0 Å². The Balaban J connectivity index is 0.000000111. The Kier molecular flexibility index (Phi) is 2.34. The minimum absolute atomic E-state index is 0.821. The molecule has 0 aromatic carbocycles. The van der Waals surface area contributed by atoms with Gasteiger partial charge in [-0.15, -0.1) is 0 Å². The predicted octanol–water partition coefficient (Wildman–Crippen LogP) is -0.489. The molecule has 4 saturated heterocycles. The van der Waals surface area contributed by atoms with E-state index in [0.29, 0.717) is 0 Å². The second-order valence-corrected chi connectivity index (χ2v) is 13.2. The van der Waals surface area contributed by atoms with Crippen molar-refractivity contribution in [1.82, 2.24) is 0 Å². The van der Waals surface area contributed by atoms with Crippen molar-refractivity contribution in [3.05, 3.63) is 0 Å². The molecule has 4 fully saturated rings. The molecule has 0 N–H and O–H groups in total. The van der Waals surface area contributed by atoms with Gasteiger partial charge in [-0.05, 0) is 0 Å². The topological polar surface area (TPSA) is 142 Å². The predicted molar refractivity (Wildman–Crippen MR) is 41.8 cm³/mol. The molecule has 4 heterocycles. The number of carbonyl (C=O) groups excluding carboxylic acids is 4. The summed E-state index contributed by atoms with van der Waals surface area (Å²) in [6.07, 6.45) is -3.28. The summed E-state index contributed by atoms with van der Waals surface area (Å²) in [5, 5.41) is 0. The third kappa shape index (κ3) is 1.84. The summed E-state index contributed by atoms with van der Waals surface area (Å²) in [7, 11) is 0. The van der Waals surface area contributed by atoms with Crippen molar-refractivity contribution in [2.75, 3.05) is 0 Å². The molecule has 0 aromatic rings. The third-order valence-corrected chi connectivity index (χ3v) is 11.2. The molecule has 18 heavy (non-hydrogen) atoms. The fourth-order valence-electron chi connectivity index (χ4n) is 1.01. The minimum atomic E-state index is -3.78. The average Bonchev–Trinajstić information content (AvgIpc) is 2.09. The van der Waals surface area contributed by atoms with E-state index in [1.165, 1.54) is 0 Å². The molecule has 0 saturated carbocycles. The summed E-state index contributed by atoms with van der Waals surface area (Å²) < 4.78 is 34.5. The normalized spacial score (nSPS) is 26.2. The summed E-state index contributed by atoms with van der Waals surface area (Å²) in [6, 6.07) is 0. The van der Waals surface area contributed by atoms with Crippen LogP contribution in [-0.2, 0) is 24.6 Å².